The number of anilines is 2. The monoisotopic (exact) mass is 346 g/mol. The fourth-order valence-electron chi connectivity index (χ4n) is 1.53. The van der Waals surface area contributed by atoms with Gasteiger partial charge in [0.25, 0.3) is 0 Å². The van der Waals surface area contributed by atoms with E-state index in [1.807, 2.05) is 0 Å². The van der Waals surface area contributed by atoms with Gasteiger partial charge in [-0.05, 0) is 31.2 Å². The number of hydrogen-bond donors (Lipinski definition) is 3. The molecule has 11 heteroatoms. The van der Waals surface area contributed by atoms with E-state index in [2.05, 4.69) is 21.3 Å². The van der Waals surface area contributed by atoms with Gasteiger partial charge in [0, 0.05) is 6.07 Å². The summed E-state index contributed by atoms with van der Waals surface area (Å²) in [5, 5.41) is 5.92. The Morgan fingerprint density at radius 1 is 1.26 bits per heavy atom. The zero-order valence-corrected chi connectivity index (χ0v) is 12.5. The average Bonchev–Trinajstić information content (AvgIpc) is 2.90. The Morgan fingerprint density at radius 3 is 2.43 bits per heavy atom. The van der Waals surface area contributed by atoms with E-state index in [9.17, 15) is 22.0 Å². The number of carbonyl (C=O) groups excluding carboxylic acids is 1. The molecule has 0 saturated heterocycles. The summed E-state index contributed by atoms with van der Waals surface area (Å²) in [5.41, 5.74) is 5.03. The van der Waals surface area contributed by atoms with Gasteiger partial charge in [-0.25, -0.2) is 13.2 Å². The molecule has 0 saturated carbocycles. The molecule has 2 amide bonds. The first-order valence-electron chi connectivity index (χ1n) is 6.17. The first-order chi connectivity index (χ1) is 10.8. The van der Waals surface area contributed by atoms with Crippen LogP contribution in [0.15, 0.2) is 39.8 Å². The Balaban J connectivity index is 1.92. The van der Waals surface area contributed by atoms with Gasteiger partial charge in [0.2, 0.25) is 9.84 Å². The number of benzene rings is 1. The van der Waals surface area contributed by atoms with E-state index in [1.54, 1.807) is 6.92 Å². The number of carbonyl (C=O) groups is 1. The minimum Gasteiger partial charge on any atom is -0.360 e. The number of urea groups is 1. The van der Waals surface area contributed by atoms with Crippen LogP contribution in [-0.2, 0) is 9.84 Å². The molecular weight excluding hydrogens is 334 g/mol. The van der Waals surface area contributed by atoms with E-state index in [1.165, 1.54) is 18.2 Å². The summed E-state index contributed by atoms with van der Waals surface area (Å²) in [6, 6.07) is 5.33. The van der Waals surface area contributed by atoms with Crippen molar-refractivity contribution in [3.63, 3.8) is 0 Å². The highest BCUT2D eigenvalue weighted by Gasteiger charge is 2.26. The third-order valence-electron chi connectivity index (χ3n) is 2.61. The minimum atomic E-state index is -4.64. The van der Waals surface area contributed by atoms with Gasteiger partial charge in [0.1, 0.15) is 5.76 Å². The number of aryl methyl sites for hydroxylation is 1. The molecule has 0 atom stereocenters. The summed E-state index contributed by atoms with van der Waals surface area (Å²) >= 11 is 0. The van der Waals surface area contributed by atoms with Gasteiger partial charge >= 0.3 is 11.8 Å². The van der Waals surface area contributed by atoms with Crippen molar-refractivity contribution in [1.29, 1.82) is 0 Å². The van der Waals surface area contributed by atoms with Crippen molar-refractivity contribution in [2.24, 2.45) is 0 Å². The zero-order valence-electron chi connectivity index (χ0n) is 11.7. The quantitative estimate of drug-likeness (QED) is 0.715. The van der Waals surface area contributed by atoms with Crippen LogP contribution < -0.4 is 16.2 Å². The predicted octanol–water partition coefficient (Wildman–Crippen LogP) is 2.13. The van der Waals surface area contributed by atoms with Crippen LogP contribution >= 0.6 is 0 Å². The molecule has 0 aliphatic heterocycles. The number of hydrazine groups is 1. The van der Waals surface area contributed by atoms with Gasteiger partial charge in [0.15, 0.2) is 5.82 Å². The van der Waals surface area contributed by atoms with Crippen molar-refractivity contribution >= 4 is 27.4 Å². The zero-order chi connectivity index (χ0) is 17.0. The molecule has 8 nitrogen and oxygen atoms in total. The lowest BCUT2D eigenvalue weighted by molar-refractivity contribution is 0.234. The molecule has 3 N–H and O–H groups in total. The maximum absolute atomic E-state index is 12.4. The molecular formula is C12H12F2N4O4S. The summed E-state index contributed by atoms with van der Waals surface area (Å²) in [7, 11) is -4.64. The number of halogens is 2. The summed E-state index contributed by atoms with van der Waals surface area (Å²) in [6.07, 6.45) is 0. The van der Waals surface area contributed by atoms with Crippen LogP contribution in [0.1, 0.15) is 5.76 Å². The van der Waals surface area contributed by atoms with Crippen molar-refractivity contribution in [3.8, 4) is 0 Å². The number of aromatic nitrogens is 1. The highest BCUT2D eigenvalue weighted by Crippen LogP contribution is 2.19. The number of rotatable bonds is 5. The minimum absolute atomic E-state index is 0.208. The van der Waals surface area contributed by atoms with E-state index < -0.39 is 26.5 Å². The van der Waals surface area contributed by atoms with Crippen LogP contribution in [0.2, 0.25) is 0 Å². The highest BCUT2D eigenvalue weighted by atomic mass is 32.2. The van der Waals surface area contributed by atoms with Crippen LogP contribution in [-0.4, -0.2) is 25.4 Å². The Labute approximate surface area is 129 Å². The molecule has 1 heterocycles. The first-order valence-corrected chi connectivity index (χ1v) is 7.72. The van der Waals surface area contributed by atoms with E-state index in [-0.39, 0.29) is 5.82 Å². The van der Waals surface area contributed by atoms with E-state index in [0.29, 0.717) is 11.4 Å². The molecule has 0 bridgehead atoms. The molecule has 1 aromatic carbocycles. The number of nitrogens with one attached hydrogen (secondary N) is 3. The predicted molar refractivity (Wildman–Crippen MR) is 76.6 cm³/mol. The molecule has 23 heavy (non-hydrogen) atoms. The topological polar surface area (TPSA) is 113 Å². The number of alkyl halides is 2. The molecule has 0 aliphatic carbocycles. The second-order valence-corrected chi connectivity index (χ2v) is 6.27. The second kappa shape index (κ2) is 6.60. The van der Waals surface area contributed by atoms with Gasteiger partial charge < -0.3 is 4.52 Å². The number of amides is 2. The van der Waals surface area contributed by atoms with Crippen LogP contribution in [0.5, 0.6) is 0 Å². The van der Waals surface area contributed by atoms with Crippen molar-refractivity contribution < 1.29 is 26.5 Å². The van der Waals surface area contributed by atoms with Crippen LogP contribution in [0, 0.1) is 6.92 Å². The van der Waals surface area contributed by atoms with Gasteiger partial charge in [-0.2, -0.15) is 8.78 Å². The van der Waals surface area contributed by atoms with Crippen molar-refractivity contribution in [1.82, 2.24) is 10.6 Å². The smallest absolute Gasteiger partial charge is 0.341 e. The Bertz CT molecular complexity index is 790. The SMILES string of the molecule is Cc1cc(NC(=O)NNc2ccc(S(=O)(=O)C(F)F)cc2)no1. The van der Waals surface area contributed by atoms with Gasteiger partial charge in [-0.15, -0.1) is 0 Å². The molecule has 124 valence electrons. The summed E-state index contributed by atoms with van der Waals surface area (Å²) < 4.78 is 52.0. The molecule has 0 fully saturated rings. The third-order valence-corrected chi connectivity index (χ3v) is 4.01. The van der Waals surface area contributed by atoms with Crippen LogP contribution in [0.4, 0.5) is 25.1 Å². The van der Waals surface area contributed by atoms with E-state index in [4.69, 9.17) is 4.52 Å². The first kappa shape index (κ1) is 16.7. The number of nitrogens with zero attached hydrogens (tertiary/aromatic N) is 1. The van der Waals surface area contributed by atoms with Crippen LogP contribution in [0.3, 0.4) is 0 Å². The molecule has 2 rings (SSSR count). The summed E-state index contributed by atoms with van der Waals surface area (Å²) in [6.45, 7) is 1.66. The Kier molecular flexibility index (Phi) is 4.79. The molecule has 0 spiro atoms. The van der Waals surface area contributed by atoms with Gasteiger partial charge in [-0.1, -0.05) is 5.16 Å². The molecule has 1 aromatic heterocycles. The molecule has 2 aromatic rings. The standard InChI is InChI=1S/C12H12F2N4O4S/c1-7-6-10(18-22-7)15-12(19)17-16-8-2-4-9(5-3-8)23(20,21)11(13)14/h2-6,11,16H,1H3,(H2,15,17,18,19). The lowest BCUT2D eigenvalue weighted by atomic mass is 10.3. The van der Waals surface area contributed by atoms with Crippen molar-refractivity contribution in [2.75, 3.05) is 10.7 Å². The lowest BCUT2D eigenvalue weighted by Gasteiger charge is -2.09. The second-order valence-electron chi connectivity index (χ2n) is 4.36. The Hall–Kier alpha value is -2.69. The lowest BCUT2D eigenvalue weighted by Crippen LogP contribution is -2.33. The largest absolute Gasteiger partial charge is 0.360 e. The van der Waals surface area contributed by atoms with Crippen molar-refractivity contribution in [3.05, 3.63) is 36.1 Å². The van der Waals surface area contributed by atoms with E-state index >= 15 is 0 Å². The number of hydrogen-bond acceptors (Lipinski definition) is 6. The third kappa shape index (κ3) is 4.16. The van der Waals surface area contributed by atoms with Crippen molar-refractivity contribution in [2.45, 2.75) is 17.6 Å². The number of sulfone groups is 1. The highest BCUT2D eigenvalue weighted by molar-refractivity contribution is 7.91. The van der Waals surface area contributed by atoms with Gasteiger partial charge in [0.05, 0.1) is 10.6 Å². The Morgan fingerprint density at radius 2 is 1.91 bits per heavy atom. The normalized spacial score (nSPS) is 11.3. The molecule has 0 aliphatic rings. The fraction of sp³-hybridized carbons (Fsp3) is 0.167. The molecule has 0 radical (unpaired) electrons. The average molecular weight is 346 g/mol. The maximum atomic E-state index is 12.4. The van der Waals surface area contributed by atoms with Gasteiger partial charge in [-0.3, -0.25) is 16.2 Å². The van der Waals surface area contributed by atoms with E-state index in [0.717, 1.165) is 12.1 Å². The van der Waals surface area contributed by atoms with Crippen LogP contribution in [0.25, 0.3) is 0 Å². The fourth-order valence-corrected chi connectivity index (χ4v) is 2.25. The summed E-state index contributed by atoms with van der Waals surface area (Å²) in [5.74, 6) is -2.76. The molecule has 0 unspecified atom stereocenters. The maximum Gasteiger partial charge on any atom is 0.341 e. The summed E-state index contributed by atoms with van der Waals surface area (Å²) in [4.78, 5) is 11.0.